The van der Waals surface area contributed by atoms with Crippen molar-refractivity contribution < 1.29 is 9.53 Å². The summed E-state index contributed by atoms with van der Waals surface area (Å²) in [5, 5.41) is 7.63. The van der Waals surface area contributed by atoms with Gasteiger partial charge in [0.05, 0.1) is 13.2 Å². The Hall–Kier alpha value is -2.48. The monoisotopic (exact) mass is 439 g/mol. The van der Waals surface area contributed by atoms with E-state index in [2.05, 4.69) is 15.4 Å². The minimum atomic E-state index is -0.170. The number of nitrogens with zero attached hydrogens (tertiary/aromatic N) is 4. The second kappa shape index (κ2) is 8.46. The number of aromatic nitrogens is 4. The first-order valence-electron chi connectivity index (χ1n) is 12.1. The molecule has 1 aliphatic heterocycles. The first kappa shape index (κ1) is 21.4. The molecule has 5 rings (SSSR count). The van der Waals surface area contributed by atoms with Crippen LogP contribution in [-0.4, -0.2) is 44.8 Å². The summed E-state index contributed by atoms with van der Waals surface area (Å²) in [6.07, 6.45) is 11.1. The van der Waals surface area contributed by atoms with Gasteiger partial charge in [-0.15, -0.1) is 5.10 Å². The number of fused-ring (bicyclic) bond motifs is 1. The number of ether oxygens (including phenoxy) is 1. The lowest BCUT2D eigenvalue weighted by Gasteiger charge is -2.42. The molecule has 3 heterocycles. The van der Waals surface area contributed by atoms with Crippen LogP contribution in [0.25, 0.3) is 11.4 Å². The molecule has 2 fully saturated rings. The molecule has 2 aromatic heterocycles. The largest absolute Gasteiger partial charge is 0.377 e. The summed E-state index contributed by atoms with van der Waals surface area (Å²) in [5.41, 5.74) is 2.76. The van der Waals surface area contributed by atoms with Crippen molar-refractivity contribution >= 4 is 17.3 Å². The molecule has 2 aliphatic carbocycles. The van der Waals surface area contributed by atoms with Crippen molar-refractivity contribution in [2.45, 2.75) is 71.8 Å². The van der Waals surface area contributed by atoms with Gasteiger partial charge < -0.3 is 14.6 Å². The van der Waals surface area contributed by atoms with E-state index in [4.69, 9.17) is 4.74 Å². The van der Waals surface area contributed by atoms with E-state index in [1.54, 1.807) is 6.92 Å². The quantitative estimate of drug-likeness (QED) is 0.683. The van der Waals surface area contributed by atoms with Crippen LogP contribution in [0.1, 0.15) is 69.0 Å². The van der Waals surface area contributed by atoms with E-state index >= 15 is 0 Å². The van der Waals surface area contributed by atoms with Gasteiger partial charge >= 0.3 is 0 Å². The van der Waals surface area contributed by atoms with Crippen LogP contribution < -0.4 is 10.9 Å². The van der Waals surface area contributed by atoms with E-state index in [0.717, 1.165) is 30.2 Å². The molecule has 8 heteroatoms. The SMILES string of the molecule is CCc1c(C)c(=O)n2nc(C3=CCOCC3)nc2n1CC(=O)NCCC1(C2CC2)CCC1. The molecule has 172 valence electrons. The van der Waals surface area contributed by atoms with Crippen LogP contribution >= 0.6 is 0 Å². The lowest BCUT2D eigenvalue weighted by Crippen LogP contribution is -2.38. The van der Waals surface area contributed by atoms with Crippen LogP contribution in [0.4, 0.5) is 0 Å². The molecule has 8 nitrogen and oxygen atoms in total. The van der Waals surface area contributed by atoms with Crippen LogP contribution in [0, 0.1) is 18.3 Å². The van der Waals surface area contributed by atoms with Crippen molar-refractivity contribution in [3.63, 3.8) is 0 Å². The molecular weight excluding hydrogens is 406 g/mol. The van der Waals surface area contributed by atoms with Gasteiger partial charge in [-0.3, -0.25) is 9.59 Å². The molecule has 0 saturated heterocycles. The number of hydrogen-bond acceptors (Lipinski definition) is 5. The second-order valence-electron chi connectivity index (χ2n) is 9.61. The first-order chi connectivity index (χ1) is 15.5. The van der Waals surface area contributed by atoms with Gasteiger partial charge in [0, 0.05) is 17.8 Å². The van der Waals surface area contributed by atoms with Gasteiger partial charge in [-0.05, 0) is 68.8 Å². The Morgan fingerprint density at radius 1 is 1.34 bits per heavy atom. The maximum absolute atomic E-state index is 12.9. The van der Waals surface area contributed by atoms with Gasteiger partial charge in [-0.2, -0.15) is 9.50 Å². The van der Waals surface area contributed by atoms with Crippen molar-refractivity contribution in [3.8, 4) is 0 Å². The summed E-state index contributed by atoms with van der Waals surface area (Å²) in [6.45, 7) is 5.82. The average Bonchev–Trinajstić information content (AvgIpc) is 3.52. The van der Waals surface area contributed by atoms with E-state index in [1.807, 2.05) is 17.6 Å². The van der Waals surface area contributed by atoms with Crippen LogP contribution in [0.3, 0.4) is 0 Å². The maximum atomic E-state index is 12.9. The maximum Gasteiger partial charge on any atom is 0.278 e. The van der Waals surface area contributed by atoms with Gasteiger partial charge in [0.2, 0.25) is 11.7 Å². The van der Waals surface area contributed by atoms with Crippen molar-refractivity contribution in [1.29, 1.82) is 0 Å². The molecule has 0 aromatic carbocycles. The molecule has 0 atom stereocenters. The molecule has 2 saturated carbocycles. The molecule has 2 aromatic rings. The summed E-state index contributed by atoms with van der Waals surface area (Å²) >= 11 is 0. The predicted octanol–water partition coefficient (Wildman–Crippen LogP) is 2.65. The van der Waals surface area contributed by atoms with Crippen LogP contribution in [0.5, 0.6) is 0 Å². The zero-order valence-corrected chi connectivity index (χ0v) is 19.2. The average molecular weight is 440 g/mol. The Labute approximate surface area is 188 Å². The van der Waals surface area contributed by atoms with Gasteiger partial charge in [0.1, 0.15) is 6.54 Å². The van der Waals surface area contributed by atoms with Crippen molar-refractivity contribution in [1.82, 2.24) is 24.5 Å². The zero-order valence-electron chi connectivity index (χ0n) is 19.2. The van der Waals surface area contributed by atoms with Crippen LogP contribution in [-0.2, 0) is 22.5 Å². The van der Waals surface area contributed by atoms with E-state index in [1.165, 1.54) is 36.6 Å². The molecule has 0 unspecified atom stereocenters. The third-order valence-electron chi connectivity index (χ3n) is 7.73. The lowest BCUT2D eigenvalue weighted by atomic mass is 9.63. The molecule has 0 bridgehead atoms. The Balaban J connectivity index is 1.38. The minimum Gasteiger partial charge on any atom is -0.377 e. The predicted molar refractivity (Wildman–Crippen MR) is 121 cm³/mol. The summed E-state index contributed by atoms with van der Waals surface area (Å²) in [5.74, 6) is 1.83. The van der Waals surface area contributed by atoms with Crippen LogP contribution in [0.2, 0.25) is 0 Å². The van der Waals surface area contributed by atoms with E-state index in [-0.39, 0.29) is 18.0 Å². The van der Waals surface area contributed by atoms with E-state index in [9.17, 15) is 9.59 Å². The number of amides is 1. The highest BCUT2D eigenvalue weighted by Crippen LogP contribution is 2.58. The number of carbonyl (C=O) groups excluding carboxylic acids is 1. The molecule has 0 spiro atoms. The van der Waals surface area contributed by atoms with Gasteiger partial charge in [-0.1, -0.05) is 19.4 Å². The minimum absolute atomic E-state index is 0.0373. The fraction of sp³-hybridized carbons (Fsp3) is 0.667. The third kappa shape index (κ3) is 3.78. The number of hydrogen-bond donors (Lipinski definition) is 1. The highest BCUT2D eigenvalue weighted by atomic mass is 16.5. The fourth-order valence-electron chi connectivity index (χ4n) is 5.55. The molecule has 1 amide bonds. The molecule has 3 aliphatic rings. The smallest absolute Gasteiger partial charge is 0.278 e. The Kier molecular flexibility index (Phi) is 5.65. The van der Waals surface area contributed by atoms with Crippen molar-refractivity contribution in [3.05, 3.63) is 33.5 Å². The van der Waals surface area contributed by atoms with Crippen molar-refractivity contribution in [2.75, 3.05) is 19.8 Å². The van der Waals surface area contributed by atoms with Crippen LogP contribution in [0.15, 0.2) is 10.9 Å². The van der Waals surface area contributed by atoms with Gasteiger partial charge in [0.15, 0.2) is 5.82 Å². The highest BCUT2D eigenvalue weighted by Gasteiger charge is 2.48. The van der Waals surface area contributed by atoms with E-state index < -0.39 is 0 Å². The molecule has 32 heavy (non-hydrogen) atoms. The summed E-state index contributed by atoms with van der Waals surface area (Å²) in [7, 11) is 0. The van der Waals surface area contributed by atoms with E-state index in [0.29, 0.717) is 48.6 Å². The Morgan fingerprint density at radius 3 is 2.78 bits per heavy atom. The number of rotatable bonds is 8. The standard InChI is InChI=1S/C24H33N5O3/c1-3-19-16(2)22(31)29-23(26-21(27-29)17-7-13-32-14-8-17)28(19)15-20(30)25-12-11-24(9-4-10-24)18-5-6-18/h7,18H,3-6,8-15H2,1-2H3,(H,25,30). The van der Waals surface area contributed by atoms with Gasteiger partial charge in [0.25, 0.3) is 5.56 Å². The molecular formula is C24H33N5O3. The third-order valence-corrected chi connectivity index (χ3v) is 7.73. The van der Waals surface area contributed by atoms with Gasteiger partial charge in [-0.25, -0.2) is 0 Å². The molecule has 1 N–H and O–H groups in total. The number of nitrogens with one attached hydrogen (secondary N) is 1. The van der Waals surface area contributed by atoms with Crippen molar-refractivity contribution in [2.24, 2.45) is 11.3 Å². The lowest BCUT2D eigenvalue weighted by molar-refractivity contribution is -0.121. The number of carbonyl (C=O) groups is 1. The Bertz CT molecular complexity index is 1120. The summed E-state index contributed by atoms with van der Waals surface area (Å²) in [4.78, 5) is 30.5. The summed E-state index contributed by atoms with van der Waals surface area (Å²) < 4.78 is 8.60. The second-order valence-corrected chi connectivity index (χ2v) is 9.61. The highest BCUT2D eigenvalue weighted by molar-refractivity contribution is 5.76. The normalized spacial score (nSPS) is 20.1. The Morgan fingerprint density at radius 2 is 2.16 bits per heavy atom. The fourth-order valence-corrected chi connectivity index (χ4v) is 5.55. The summed E-state index contributed by atoms with van der Waals surface area (Å²) in [6, 6.07) is 0. The first-order valence-corrected chi connectivity index (χ1v) is 12.1. The zero-order chi connectivity index (χ0) is 22.3. The topological polar surface area (TPSA) is 90.5 Å². The molecule has 0 radical (unpaired) electrons.